The maximum atomic E-state index is 13.9. The summed E-state index contributed by atoms with van der Waals surface area (Å²) in [6, 6.07) is 19.9. The topological polar surface area (TPSA) is 146 Å². The number of halogens is 1. The number of esters is 1. The third-order valence-electron chi connectivity index (χ3n) is 8.38. The molecule has 1 N–H and O–H groups in total. The first kappa shape index (κ1) is 32.6. The van der Waals surface area contributed by atoms with Gasteiger partial charge in [-0.05, 0) is 71.7 Å². The van der Waals surface area contributed by atoms with E-state index in [0.717, 1.165) is 22.5 Å². The number of hydrogen-bond donors (Lipinski definition) is 1. The Hall–Kier alpha value is -5.89. The molecule has 0 unspecified atom stereocenters. The first-order valence-corrected chi connectivity index (χ1v) is 16.5. The molecule has 6 aromatic rings. The number of nitrogens with zero attached hydrogens (tertiary/aromatic N) is 7. The molecular weight excluding hydrogens is 704 g/mol. The third kappa shape index (κ3) is 6.44. The van der Waals surface area contributed by atoms with Crippen LogP contribution in [0.1, 0.15) is 53.6 Å². The van der Waals surface area contributed by atoms with E-state index in [2.05, 4.69) is 41.6 Å². The van der Waals surface area contributed by atoms with E-state index in [4.69, 9.17) is 9.47 Å². The number of aryl methyl sites for hydroxylation is 2. The molecule has 0 saturated heterocycles. The number of anilines is 1. The minimum Gasteiger partial charge on any atom is -0.490 e. The number of fused-ring (bicyclic) bond motifs is 2. The summed E-state index contributed by atoms with van der Waals surface area (Å²) in [6.45, 7) is 5.02. The van der Waals surface area contributed by atoms with Crippen LogP contribution in [-0.2, 0) is 17.8 Å². The van der Waals surface area contributed by atoms with Crippen LogP contribution in [0, 0.1) is 13.8 Å². The molecule has 13 nitrogen and oxygen atoms in total. The number of nitrogens with one attached hydrogen (secondary N) is 1. The number of ether oxygens (including phenoxy) is 2. The predicted octanol–water partition coefficient (Wildman–Crippen LogP) is 5.49. The van der Waals surface area contributed by atoms with Gasteiger partial charge in [-0.1, -0.05) is 35.5 Å². The molecule has 7 rings (SSSR count). The molecule has 0 aliphatic carbocycles. The van der Waals surface area contributed by atoms with Crippen LogP contribution >= 0.6 is 15.9 Å². The van der Waals surface area contributed by atoms with Crippen molar-refractivity contribution in [3.8, 4) is 17.0 Å². The normalized spacial score (nSPS) is 12.6. The van der Waals surface area contributed by atoms with E-state index in [9.17, 15) is 14.4 Å². The molecule has 1 aliphatic rings. The van der Waals surface area contributed by atoms with Gasteiger partial charge in [-0.25, -0.2) is 19.0 Å². The zero-order chi connectivity index (χ0) is 34.9. The number of carbonyl (C=O) groups is 3. The summed E-state index contributed by atoms with van der Waals surface area (Å²) in [6.07, 6.45) is 3.33. The highest BCUT2D eigenvalue weighted by atomic mass is 79.9. The smallest absolute Gasteiger partial charge is 0.337 e. The molecule has 0 bridgehead atoms. The van der Waals surface area contributed by atoms with E-state index < -0.39 is 5.97 Å². The Bertz CT molecular complexity index is 2280. The lowest BCUT2D eigenvalue weighted by Gasteiger charge is -2.21. The second kappa shape index (κ2) is 13.6. The van der Waals surface area contributed by atoms with Gasteiger partial charge in [-0.2, -0.15) is 5.10 Å². The molecule has 0 atom stereocenters. The van der Waals surface area contributed by atoms with Gasteiger partial charge in [0.1, 0.15) is 23.6 Å². The van der Waals surface area contributed by atoms with Gasteiger partial charge in [0.25, 0.3) is 11.8 Å². The maximum Gasteiger partial charge on any atom is 0.337 e. The van der Waals surface area contributed by atoms with Crippen molar-refractivity contribution in [3.05, 3.63) is 123 Å². The molecule has 2 amide bonds. The molecule has 14 heteroatoms. The number of carbonyl (C=O) groups excluding carboxylic acids is 3. The van der Waals surface area contributed by atoms with Crippen molar-refractivity contribution in [2.45, 2.75) is 26.9 Å². The first-order valence-electron chi connectivity index (χ1n) is 15.7. The second-order valence-corrected chi connectivity index (χ2v) is 12.7. The molecule has 50 heavy (non-hydrogen) atoms. The van der Waals surface area contributed by atoms with Crippen LogP contribution < -0.4 is 10.1 Å². The predicted molar refractivity (Wildman–Crippen MR) is 187 cm³/mol. The van der Waals surface area contributed by atoms with Crippen molar-refractivity contribution in [2.75, 3.05) is 25.6 Å². The highest BCUT2D eigenvalue weighted by Crippen LogP contribution is 2.34. The van der Waals surface area contributed by atoms with E-state index in [1.807, 2.05) is 56.4 Å². The maximum absolute atomic E-state index is 13.9. The van der Waals surface area contributed by atoms with E-state index in [0.29, 0.717) is 69.2 Å². The molecule has 252 valence electrons. The zero-order valence-electron chi connectivity index (χ0n) is 27.4. The molecule has 0 fully saturated rings. The number of aromatic nitrogens is 6. The number of hydrogen-bond acceptors (Lipinski definition) is 9. The molecule has 0 spiro atoms. The summed E-state index contributed by atoms with van der Waals surface area (Å²) < 4.78 is 14.8. The van der Waals surface area contributed by atoms with Crippen molar-refractivity contribution < 1.29 is 23.9 Å². The zero-order valence-corrected chi connectivity index (χ0v) is 29.0. The van der Waals surface area contributed by atoms with Crippen molar-refractivity contribution >= 4 is 45.0 Å². The molecule has 3 aromatic heterocycles. The Morgan fingerprint density at radius 1 is 1.02 bits per heavy atom. The van der Waals surface area contributed by atoms with Crippen LogP contribution in [0.4, 0.5) is 5.69 Å². The van der Waals surface area contributed by atoms with Crippen LogP contribution in [0.2, 0.25) is 0 Å². The van der Waals surface area contributed by atoms with Crippen molar-refractivity contribution in [2.24, 2.45) is 0 Å². The largest absolute Gasteiger partial charge is 0.490 e. The number of amides is 2. The van der Waals surface area contributed by atoms with E-state index in [-0.39, 0.29) is 18.4 Å². The van der Waals surface area contributed by atoms with E-state index >= 15 is 0 Å². The lowest BCUT2D eigenvalue weighted by Crippen LogP contribution is -2.33. The monoisotopic (exact) mass is 734 g/mol. The van der Waals surface area contributed by atoms with Crippen LogP contribution in [0.25, 0.3) is 16.9 Å². The average Bonchev–Trinajstić information content (AvgIpc) is 3.70. The molecule has 4 heterocycles. The number of benzene rings is 3. The lowest BCUT2D eigenvalue weighted by molar-refractivity contribution is 0.0600. The Morgan fingerprint density at radius 2 is 1.82 bits per heavy atom. The fraction of sp³-hybridized carbons (Fsp3) is 0.194. The highest BCUT2D eigenvalue weighted by Gasteiger charge is 2.26. The molecule has 3 aromatic carbocycles. The van der Waals surface area contributed by atoms with Gasteiger partial charge in [0.2, 0.25) is 0 Å². The van der Waals surface area contributed by atoms with Crippen molar-refractivity contribution in [1.82, 2.24) is 34.5 Å². The van der Waals surface area contributed by atoms with Crippen molar-refractivity contribution in [1.29, 1.82) is 0 Å². The second-order valence-electron chi connectivity index (χ2n) is 11.8. The Morgan fingerprint density at radius 3 is 2.62 bits per heavy atom. The van der Waals surface area contributed by atoms with Crippen LogP contribution in [-0.4, -0.2) is 72.5 Å². The minimum absolute atomic E-state index is 0.167. The van der Waals surface area contributed by atoms with Gasteiger partial charge in [0.05, 0.1) is 42.6 Å². The average molecular weight is 736 g/mol. The summed E-state index contributed by atoms with van der Waals surface area (Å²) in [7, 11) is 1.33. The van der Waals surface area contributed by atoms with Crippen LogP contribution in [0.15, 0.2) is 83.6 Å². The Kier molecular flexibility index (Phi) is 8.85. The summed E-state index contributed by atoms with van der Waals surface area (Å²) in [5.41, 5.74) is 7.01. The molecule has 0 saturated carbocycles. The summed E-state index contributed by atoms with van der Waals surface area (Å²) in [5.74, 6) is -0.348. The van der Waals surface area contributed by atoms with Gasteiger partial charge >= 0.3 is 5.97 Å². The first-order chi connectivity index (χ1) is 24.2. The Balaban J connectivity index is 1.05. The van der Waals surface area contributed by atoms with Gasteiger partial charge in [-0.15, -0.1) is 5.10 Å². The molecule has 0 radical (unpaired) electrons. The lowest BCUT2D eigenvalue weighted by atomic mass is 10.0. The standard InChI is InChI=1S/C36H31BrN8O5/c1-21-14-22(2)45-33(39-21)29(17-38-45)34(46)40-27-10-8-23(9-11-27)31-20-44(42-41-31)19-24-6-4-5-7-28(24)35(47)43-12-13-50-32-26(18-43)15-25(16-30(32)37)36(48)49-3/h4-11,14-17,20H,12-13,18-19H2,1-3H3,(H,40,46). The van der Waals surface area contributed by atoms with Crippen LogP contribution in [0.3, 0.4) is 0 Å². The van der Waals surface area contributed by atoms with Crippen LogP contribution in [0.5, 0.6) is 5.75 Å². The fourth-order valence-corrected chi connectivity index (χ4v) is 6.57. The van der Waals surface area contributed by atoms with E-state index in [1.54, 1.807) is 44.4 Å². The number of methoxy groups -OCH3 is 1. The highest BCUT2D eigenvalue weighted by molar-refractivity contribution is 9.10. The summed E-state index contributed by atoms with van der Waals surface area (Å²) >= 11 is 3.49. The summed E-state index contributed by atoms with van der Waals surface area (Å²) in [5, 5.41) is 15.9. The van der Waals surface area contributed by atoms with Crippen molar-refractivity contribution in [3.63, 3.8) is 0 Å². The van der Waals surface area contributed by atoms with E-state index in [1.165, 1.54) is 13.3 Å². The SMILES string of the molecule is COC(=O)c1cc(Br)c2c(c1)CN(C(=O)c1ccccc1Cn1cc(-c3ccc(NC(=O)c4cnn5c(C)cc(C)nc45)cc3)nn1)CCO2. The van der Waals surface area contributed by atoms with Gasteiger partial charge in [0, 0.05) is 40.3 Å². The summed E-state index contributed by atoms with van der Waals surface area (Å²) in [4.78, 5) is 45.4. The fourth-order valence-electron chi connectivity index (χ4n) is 5.95. The minimum atomic E-state index is -0.474. The van der Waals surface area contributed by atoms with Gasteiger partial charge in [0.15, 0.2) is 5.65 Å². The molecular formula is C36H31BrN8O5. The molecule has 1 aliphatic heterocycles. The Labute approximate surface area is 295 Å². The number of rotatable bonds is 7. The van der Waals surface area contributed by atoms with Gasteiger partial charge in [-0.3, -0.25) is 9.59 Å². The third-order valence-corrected chi connectivity index (χ3v) is 8.97. The van der Waals surface area contributed by atoms with Gasteiger partial charge < -0.3 is 19.7 Å². The quantitative estimate of drug-likeness (QED) is 0.211.